The van der Waals surface area contributed by atoms with Crippen molar-refractivity contribution in [1.29, 1.82) is 0 Å². The van der Waals surface area contributed by atoms with Gasteiger partial charge in [-0.05, 0) is 30.9 Å². The maximum atomic E-state index is 11.6. The van der Waals surface area contributed by atoms with E-state index in [1.54, 1.807) is 6.07 Å². The molecule has 1 fully saturated rings. The fourth-order valence-corrected chi connectivity index (χ4v) is 3.88. The molecule has 21 heavy (non-hydrogen) atoms. The first-order valence-corrected chi connectivity index (χ1v) is 7.92. The highest BCUT2D eigenvalue weighted by Gasteiger charge is 2.32. The van der Waals surface area contributed by atoms with Crippen LogP contribution in [0.25, 0.3) is 0 Å². The van der Waals surface area contributed by atoms with Crippen LogP contribution in [0.1, 0.15) is 44.3 Å². The van der Waals surface area contributed by atoms with Gasteiger partial charge in [-0.1, -0.05) is 31.4 Å². The monoisotopic (exact) mass is 308 g/mol. The van der Waals surface area contributed by atoms with E-state index < -0.39 is 6.10 Å². The molecule has 1 saturated carbocycles. The van der Waals surface area contributed by atoms with Gasteiger partial charge in [0, 0.05) is 24.3 Å². The van der Waals surface area contributed by atoms with Crippen molar-refractivity contribution >= 4 is 28.9 Å². The van der Waals surface area contributed by atoms with E-state index >= 15 is 0 Å². The summed E-state index contributed by atoms with van der Waals surface area (Å²) in [6.45, 7) is 2.28. The van der Waals surface area contributed by atoms with Crippen molar-refractivity contribution in [1.82, 2.24) is 0 Å². The predicted octanol–water partition coefficient (Wildman–Crippen LogP) is 3.34. The number of fused-ring (bicyclic) bond motifs is 1. The van der Waals surface area contributed by atoms with E-state index in [0.717, 1.165) is 5.69 Å². The standard InChI is InChI=1S/C16H21ClN2O2/c1-9-5-3-4-6-13(9)19(2)14-8-12-10(7-11(14)17)15(20)16(21)18-12/h7-9,13,15,20H,3-6H2,1-2H3,(H,18,21). The van der Waals surface area contributed by atoms with E-state index in [9.17, 15) is 9.90 Å². The fraction of sp³-hybridized carbons (Fsp3) is 0.562. The molecule has 3 atom stereocenters. The molecule has 1 aromatic rings. The molecule has 4 nitrogen and oxygen atoms in total. The molecule has 1 aliphatic heterocycles. The molecule has 114 valence electrons. The molecule has 2 aliphatic rings. The van der Waals surface area contributed by atoms with Gasteiger partial charge >= 0.3 is 0 Å². The summed E-state index contributed by atoms with van der Waals surface area (Å²) in [6, 6.07) is 4.06. The number of nitrogens with one attached hydrogen (secondary N) is 1. The summed E-state index contributed by atoms with van der Waals surface area (Å²) in [5, 5.41) is 13.1. The number of amides is 1. The molecule has 2 N–H and O–H groups in total. The SMILES string of the molecule is CC1CCCCC1N(C)c1cc2c(cc1Cl)C(O)C(=O)N2. The van der Waals surface area contributed by atoms with Crippen LogP contribution in [0.3, 0.4) is 0 Å². The molecular weight excluding hydrogens is 288 g/mol. The van der Waals surface area contributed by atoms with Gasteiger partial charge in [-0.25, -0.2) is 0 Å². The quantitative estimate of drug-likeness (QED) is 0.881. The minimum absolute atomic E-state index is 0.382. The predicted molar refractivity (Wildman–Crippen MR) is 84.9 cm³/mol. The third kappa shape index (κ3) is 2.51. The minimum Gasteiger partial charge on any atom is -0.378 e. The van der Waals surface area contributed by atoms with E-state index in [1.807, 2.05) is 6.07 Å². The average Bonchev–Trinajstić information content (AvgIpc) is 2.73. The largest absolute Gasteiger partial charge is 0.378 e. The van der Waals surface area contributed by atoms with Gasteiger partial charge in [0.05, 0.1) is 10.7 Å². The average molecular weight is 309 g/mol. The summed E-state index contributed by atoms with van der Waals surface area (Å²) in [5.74, 6) is 0.250. The van der Waals surface area contributed by atoms with Crippen molar-refractivity contribution in [3.8, 4) is 0 Å². The van der Waals surface area contributed by atoms with Gasteiger partial charge in [-0.3, -0.25) is 4.79 Å². The number of rotatable bonds is 2. The Morgan fingerprint density at radius 2 is 2.05 bits per heavy atom. The Morgan fingerprint density at radius 1 is 1.33 bits per heavy atom. The van der Waals surface area contributed by atoms with Gasteiger partial charge in [-0.2, -0.15) is 0 Å². The molecule has 0 saturated heterocycles. The molecule has 3 rings (SSSR count). The third-order valence-corrected chi connectivity index (χ3v) is 5.17. The molecule has 0 spiro atoms. The van der Waals surface area contributed by atoms with Crippen LogP contribution in [0.5, 0.6) is 0 Å². The minimum atomic E-state index is -1.11. The molecule has 0 radical (unpaired) electrons. The first-order valence-electron chi connectivity index (χ1n) is 7.54. The second-order valence-corrected chi connectivity index (χ2v) is 6.63. The van der Waals surface area contributed by atoms with Crippen molar-refractivity contribution in [3.05, 3.63) is 22.7 Å². The molecular formula is C16H21ClN2O2. The molecule has 1 aliphatic carbocycles. The van der Waals surface area contributed by atoms with E-state index in [4.69, 9.17) is 11.6 Å². The van der Waals surface area contributed by atoms with Gasteiger partial charge in [0.1, 0.15) is 0 Å². The van der Waals surface area contributed by atoms with Gasteiger partial charge in [0.25, 0.3) is 5.91 Å². The Morgan fingerprint density at radius 3 is 2.76 bits per heavy atom. The number of benzene rings is 1. The number of anilines is 2. The Kier molecular flexibility index (Phi) is 3.84. The molecule has 5 heteroatoms. The fourth-order valence-electron chi connectivity index (χ4n) is 3.58. The highest BCUT2D eigenvalue weighted by Crippen LogP contribution is 2.40. The summed E-state index contributed by atoms with van der Waals surface area (Å²) in [4.78, 5) is 13.8. The Balaban J connectivity index is 1.92. The van der Waals surface area contributed by atoms with Crippen LogP contribution in [0.15, 0.2) is 12.1 Å². The van der Waals surface area contributed by atoms with Crippen LogP contribution in [0.4, 0.5) is 11.4 Å². The second-order valence-electron chi connectivity index (χ2n) is 6.22. The van der Waals surface area contributed by atoms with Gasteiger partial charge in [0.15, 0.2) is 6.10 Å². The van der Waals surface area contributed by atoms with Gasteiger partial charge in [0.2, 0.25) is 0 Å². The lowest BCUT2D eigenvalue weighted by Crippen LogP contribution is -2.39. The Labute approximate surface area is 130 Å². The van der Waals surface area contributed by atoms with Crippen LogP contribution >= 0.6 is 11.6 Å². The number of carbonyl (C=O) groups excluding carboxylic acids is 1. The number of aliphatic hydroxyl groups excluding tert-OH is 1. The van der Waals surface area contributed by atoms with Crippen LogP contribution < -0.4 is 10.2 Å². The van der Waals surface area contributed by atoms with E-state index in [-0.39, 0.29) is 5.91 Å². The molecule has 1 heterocycles. The number of aliphatic hydroxyl groups is 1. The van der Waals surface area contributed by atoms with E-state index in [1.165, 1.54) is 25.7 Å². The number of nitrogens with zero attached hydrogens (tertiary/aromatic N) is 1. The summed E-state index contributed by atoms with van der Waals surface area (Å²) in [5.41, 5.74) is 2.16. The van der Waals surface area contributed by atoms with E-state index in [0.29, 0.717) is 28.2 Å². The maximum absolute atomic E-state index is 11.6. The lowest BCUT2D eigenvalue weighted by atomic mass is 9.85. The molecule has 3 unspecified atom stereocenters. The lowest BCUT2D eigenvalue weighted by molar-refractivity contribution is -0.123. The highest BCUT2D eigenvalue weighted by atomic mass is 35.5. The second kappa shape index (κ2) is 5.50. The van der Waals surface area contributed by atoms with Crippen molar-refractivity contribution in [2.45, 2.75) is 44.8 Å². The van der Waals surface area contributed by atoms with Gasteiger partial charge < -0.3 is 15.3 Å². The van der Waals surface area contributed by atoms with Crippen molar-refractivity contribution < 1.29 is 9.90 Å². The van der Waals surface area contributed by atoms with Gasteiger partial charge in [-0.15, -0.1) is 0 Å². The summed E-state index contributed by atoms with van der Waals surface area (Å²) < 4.78 is 0. The van der Waals surface area contributed by atoms with Crippen LogP contribution in [-0.4, -0.2) is 24.1 Å². The number of halogens is 1. The zero-order valence-electron chi connectivity index (χ0n) is 12.4. The first-order chi connectivity index (χ1) is 9.99. The topological polar surface area (TPSA) is 52.6 Å². The third-order valence-electron chi connectivity index (χ3n) is 4.86. The zero-order chi connectivity index (χ0) is 15.1. The van der Waals surface area contributed by atoms with Crippen LogP contribution in [0, 0.1) is 5.92 Å². The van der Waals surface area contributed by atoms with Crippen LogP contribution in [0.2, 0.25) is 5.02 Å². The van der Waals surface area contributed by atoms with Crippen molar-refractivity contribution in [2.24, 2.45) is 5.92 Å². The Bertz CT molecular complexity index is 576. The molecule has 1 amide bonds. The zero-order valence-corrected chi connectivity index (χ0v) is 13.2. The number of hydrogen-bond donors (Lipinski definition) is 2. The van der Waals surface area contributed by atoms with Crippen molar-refractivity contribution in [3.63, 3.8) is 0 Å². The number of carbonyl (C=O) groups is 1. The molecule has 1 aromatic carbocycles. The highest BCUT2D eigenvalue weighted by molar-refractivity contribution is 6.33. The van der Waals surface area contributed by atoms with Crippen molar-refractivity contribution in [2.75, 3.05) is 17.3 Å². The molecule has 0 bridgehead atoms. The summed E-state index contributed by atoms with van der Waals surface area (Å²) in [7, 11) is 2.06. The normalized spacial score (nSPS) is 28.2. The van der Waals surface area contributed by atoms with E-state index in [2.05, 4.69) is 24.2 Å². The number of hydrogen-bond acceptors (Lipinski definition) is 3. The summed E-state index contributed by atoms with van der Waals surface area (Å²) >= 11 is 6.39. The van der Waals surface area contributed by atoms with Crippen LogP contribution in [-0.2, 0) is 4.79 Å². The lowest BCUT2D eigenvalue weighted by Gasteiger charge is -2.38. The smallest absolute Gasteiger partial charge is 0.257 e. The first kappa shape index (κ1) is 14.7. The molecule has 0 aromatic heterocycles. The maximum Gasteiger partial charge on any atom is 0.257 e. The summed E-state index contributed by atoms with van der Waals surface area (Å²) in [6.07, 6.45) is 3.85. The Hall–Kier alpha value is -1.26.